The number of nitriles is 1. The van der Waals surface area contributed by atoms with Gasteiger partial charge in [0.2, 0.25) is 17.7 Å². The zero-order valence-corrected chi connectivity index (χ0v) is 35.0. The van der Waals surface area contributed by atoms with Gasteiger partial charge in [0.05, 0.1) is 27.8 Å². The van der Waals surface area contributed by atoms with Crippen molar-refractivity contribution < 1.29 is 33.5 Å². The highest BCUT2D eigenvalue weighted by molar-refractivity contribution is 6.31. The molecule has 14 nitrogen and oxygen atoms in total. The number of likely N-dealkylation sites (tertiary alicyclic amines) is 1. The first-order valence-corrected chi connectivity index (χ1v) is 21.6. The zero-order chi connectivity index (χ0) is 42.7. The van der Waals surface area contributed by atoms with Crippen LogP contribution >= 0.6 is 11.6 Å². The summed E-state index contributed by atoms with van der Waals surface area (Å²) in [5.74, 6) is -1.27. The van der Waals surface area contributed by atoms with Crippen molar-refractivity contribution in [2.45, 2.75) is 83.0 Å². The monoisotopic (exact) mass is 845 g/mol. The van der Waals surface area contributed by atoms with Gasteiger partial charge in [-0.15, -0.1) is 0 Å². The van der Waals surface area contributed by atoms with Gasteiger partial charge in [0, 0.05) is 98.5 Å². The minimum absolute atomic E-state index is 0.00988. The summed E-state index contributed by atoms with van der Waals surface area (Å²) >= 11 is 6.20. The summed E-state index contributed by atoms with van der Waals surface area (Å²) in [6.45, 7) is 8.29. The lowest BCUT2D eigenvalue weighted by Gasteiger charge is -2.60. The predicted molar refractivity (Wildman–Crippen MR) is 225 cm³/mol. The molecule has 1 spiro atoms. The maximum absolute atomic E-state index is 13.9. The zero-order valence-electron chi connectivity index (χ0n) is 34.3. The van der Waals surface area contributed by atoms with E-state index in [0.29, 0.717) is 54.5 Å². The molecule has 61 heavy (non-hydrogen) atoms. The number of carbonyl (C=O) groups is 6. The van der Waals surface area contributed by atoms with E-state index in [9.17, 15) is 34.0 Å². The number of piperazine rings is 1. The lowest BCUT2D eigenvalue weighted by Crippen LogP contribution is -2.65. The standard InChI is InChI=1S/C46H48ClN7O7/c1-27-3-7-34(19-28(2)61-35-11-6-30(24-48)38(47)21-35)53(27)43(58)29-4-8-32(9-5-29)50-15-17-51(18-16-50)42(57)31-22-46(23-31)25-52(26-46)33-10-12-36-37(20-33)45(60)54(44(36)59)39-13-14-40(55)49-41(39)56/h4-6,8-12,20-21,27-28,31,34,39H,3,7,13-19,22-23,25-26H2,1-2H3,(H,49,55,56). The number of nitrogens with one attached hydrogen (secondary N) is 1. The average molecular weight is 846 g/mol. The molecular weight excluding hydrogens is 798 g/mol. The van der Waals surface area contributed by atoms with Crippen molar-refractivity contribution in [2.24, 2.45) is 11.3 Å². The minimum Gasteiger partial charge on any atom is -0.491 e. The van der Waals surface area contributed by atoms with Crippen LogP contribution in [0.3, 0.4) is 0 Å². The lowest BCUT2D eigenvalue weighted by atomic mass is 9.57. The Morgan fingerprint density at radius 1 is 0.885 bits per heavy atom. The molecule has 5 aliphatic heterocycles. The summed E-state index contributed by atoms with van der Waals surface area (Å²) in [5.41, 5.74) is 3.49. The van der Waals surface area contributed by atoms with E-state index in [1.165, 1.54) is 0 Å². The highest BCUT2D eigenvalue weighted by atomic mass is 35.5. The molecule has 3 aromatic carbocycles. The van der Waals surface area contributed by atoms with Crippen molar-refractivity contribution >= 4 is 58.4 Å². The number of imide groups is 2. The van der Waals surface area contributed by atoms with Gasteiger partial charge in [0.1, 0.15) is 17.9 Å². The van der Waals surface area contributed by atoms with E-state index in [2.05, 4.69) is 28.1 Å². The molecule has 1 aliphatic carbocycles. The molecule has 15 heteroatoms. The van der Waals surface area contributed by atoms with Gasteiger partial charge in [-0.2, -0.15) is 5.26 Å². The molecule has 5 heterocycles. The highest BCUT2D eigenvalue weighted by Gasteiger charge is 2.55. The third-order valence-electron chi connectivity index (χ3n) is 13.6. The lowest BCUT2D eigenvalue weighted by molar-refractivity contribution is -0.145. The Labute approximate surface area is 359 Å². The summed E-state index contributed by atoms with van der Waals surface area (Å²) in [6.07, 6.45) is 4.15. The summed E-state index contributed by atoms with van der Waals surface area (Å²) in [6, 6.07) is 19.3. The number of benzene rings is 3. The largest absolute Gasteiger partial charge is 0.491 e. The van der Waals surface area contributed by atoms with Crippen LogP contribution in [0.15, 0.2) is 60.7 Å². The van der Waals surface area contributed by atoms with Crippen molar-refractivity contribution in [3.8, 4) is 11.8 Å². The van der Waals surface area contributed by atoms with E-state index in [1.54, 1.807) is 30.3 Å². The summed E-state index contributed by atoms with van der Waals surface area (Å²) in [5, 5.41) is 11.8. The number of nitrogens with zero attached hydrogens (tertiary/aromatic N) is 6. The molecule has 1 saturated carbocycles. The van der Waals surface area contributed by atoms with Crippen molar-refractivity contribution in [1.82, 2.24) is 20.0 Å². The van der Waals surface area contributed by atoms with Crippen LogP contribution in [-0.2, 0) is 14.4 Å². The fraction of sp³-hybridized carbons (Fsp3) is 0.457. The van der Waals surface area contributed by atoms with Gasteiger partial charge in [-0.3, -0.25) is 39.0 Å². The van der Waals surface area contributed by atoms with Gasteiger partial charge >= 0.3 is 0 Å². The fourth-order valence-electron chi connectivity index (χ4n) is 10.4. The molecule has 6 amide bonds. The highest BCUT2D eigenvalue weighted by Crippen LogP contribution is 2.53. The first-order valence-electron chi connectivity index (χ1n) is 21.2. The molecule has 0 radical (unpaired) electrons. The van der Waals surface area contributed by atoms with Gasteiger partial charge in [0.15, 0.2) is 0 Å². The van der Waals surface area contributed by atoms with Crippen LogP contribution in [0, 0.1) is 22.7 Å². The van der Waals surface area contributed by atoms with Crippen LogP contribution < -0.4 is 19.9 Å². The molecule has 6 aliphatic rings. The summed E-state index contributed by atoms with van der Waals surface area (Å²) in [7, 11) is 0. The molecule has 0 bridgehead atoms. The maximum atomic E-state index is 13.9. The molecular formula is C46H48ClN7O7. The maximum Gasteiger partial charge on any atom is 0.262 e. The summed E-state index contributed by atoms with van der Waals surface area (Å²) in [4.78, 5) is 87.3. The fourth-order valence-corrected chi connectivity index (χ4v) is 10.6. The number of ether oxygens (including phenoxy) is 1. The average Bonchev–Trinajstić information content (AvgIpc) is 3.70. The Morgan fingerprint density at radius 2 is 1.59 bits per heavy atom. The molecule has 9 rings (SSSR count). The SMILES string of the molecule is CC(CC1CCC(C)N1C(=O)c1ccc(N2CCN(C(=O)C3CC4(C3)CN(c3ccc5c(c3)C(=O)N(C3CCC(=O)NC3=O)C5=O)C4)CC2)cc1)Oc1ccc(C#N)c(Cl)c1. The van der Waals surface area contributed by atoms with Gasteiger partial charge in [-0.25, -0.2) is 0 Å². The van der Waals surface area contributed by atoms with Crippen LogP contribution in [0.2, 0.25) is 5.02 Å². The number of fused-ring (bicyclic) bond motifs is 1. The van der Waals surface area contributed by atoms with Crippen molar-refractivity contribution in [1.29, 1.82) is 5.26 Å². The second-order valence-electron chi connectivity index (χ2n) is 17.7. The number of hydrogen-bond donors (Lipinski definition) is 1. The van der Waals surface area contributed by atoms with E-state index in [4.69, 9.17) is 16.3 Å². The minimum atomic E-state index is -0.998. The number of piperidine rings is 1. The van der Waals surface area contributed by atoms with E-state index in [0.717, 1.165) is 55.0 Å². The Hall–Kier alpha value is -5.94. The van der Waals surface area contributed by atoms with Gasteiger partial charge in [-0.1, -0.05) is 11.6 Å². The number of halogens is 1. The second-order valence-corrected chi connectivity index (χ2v) is 18.1. The molecule has 4 saturated heterocycles. The second kappa shape index (κ2) is 15.8. The Morgan fingerprint density at radius 3 is 2.28 bits per heavy atom. The number of anilines is 2. The molecule has 1 N–H and O–H groups in total. The smallest absolute Gasteiger partial charge is 0.262 e. The van der Waals surface area contributed by atoms with Gasteiger partial charge in [-0.05, 0) is 101 Å². The van der Waals surface area contributed by atoms with Crippen molar-refractivity contribution in [3.63, 3.8) is 0 Å². The number of rotatable bonds is 9. The van der Waals surface area contributed by atoms with Gasteiger partial charge < -0.3 is 24.3 Å². The molecule has 4 unspecified atom stereocenters. The first kappa shape index (κ1) is 40.5. The van der Waals surface area contributed by atoms with Crippen molar-refractivity contribution in [2.75, 3.05) is 49.1 Å². The van der Waals surface area contributed by atoms with E-state index < -0.39 is 29.7 Å². The Balaban J connectivity index is 0.733. The third-order valence-corrected chi connectivity index (χ3v) is 14.0. The number of amides is 6. The van der Waals surface area contributed by atoms with Crippen LogP contribution in [0.4, 0.5) is 11.4 Å². The normalized spacial score (nSPS) is 24.0. The topological polar surface area (TPSA) is 164 Å². The molecule has 5 fully saturated rings. The molecule has 4 atom stereocenters. The van der Waals surface area contributed by atoms with Crippen LogP contribution in [0.5, 0.6) is 5.75 Å². The summed E-state index contributed by atoms with van der Waals surface area (Å²) < 4.78 is 6.13. The van der Waals surface area contributed by atoms with Crippen molar-refractivity contribution in [3.05, 3.63) is 87.9 Å². The Bertz CT molecular complexity index is 2360. The quantitative estimate of drug-likeness (QED) is 0.289. The van der Waals surface area contributed by atoms with Crippen LogP contribution in [0.25, 0.3) is 0 Å². The molecule has 316 valence electrons. The predicted octanol–water partition coefficient (Wildman–Crippen LogP) is 5.03. The Kier molecular flexibility index (Phi) is 10.5. The van der Waals surface area contributed by atoms with E-state index in [-0.39, 0.29) is 65.3 Å². The van der Waals surface area contributed by atoms with Crippen LogP contribution in [0.1, 0.15) is 95.4 Å². The number of carbonyl (C=O) groups excluding carboxylic acids is 6. The van der Waals surface area contributed by atoms with Crippen LogP contribution in [-0.4, -0.2) is 114 Å². The third kappa shape index (κ3) is 7.47. The molecule has 0 aromatic heterocycles. The van der Waals surface area contributed by atoms with Gasteiger partial charge in [0.25, 0.3) is 17.7 Å². The van der Waals surface area contributed by atoms with E-state index in [1.807, 2.05) is 47.1 Å². The first-order chi connectivity index (χ1) is 29.3. The molecule has 3 aromatic rings. The van der Waals surface area contributed by atoms with E-state index >= 15 is 0 Å². The number of hydrogen-bond acceptors (Lipinski definition) is 10.